The van der Waals surface area contributed by atoms with Crippen molar-refractivity contribution in [1.29, 1.82) is 5.26 Å². The Morgan fingerprint density at radius 2 is 2.11 bits per heavy atom. The molecule has 1 heterocycles. The first-order valence-corrected chi connectivity index (χ1v) is 5.59. The van der Waals surface area contributed by atoms with E-state index in [4.69, 9.17) is 5.26 Å². The van der Waals surface area contributed by atoms with Crippen LogP contribution in [-0.4, -0.2) is 24.4 Å². The van der Waals surface area contributed by atoms with Crippen molar-refractivity contribution < 1.29 is 4.79 Å². The molecule has 0 fully saturated rings. The van der Waals surface area contributed by atoms with Gasteiger partial charge in [0, 0.05) is 13.2 Å². The molecule has 1 aromatic carbocycles. The number of nitriles is 1. The highest BCUT2D eigenvalue weighted by atomic mass is 16.1. The fraction of sp³-hybridized carbons (Fsp3) is 0.143. The first-order valence-electron chi connectivity index (χ1n) is 5.59. The lowest BCUT2D eigenvalue weighted by Gasteiger charge is -2.19. The van der Waals surface area contributed by atoms with Gasteiger partial charge in [-0.1, -0.05) is 12.1 Å². The molecule has 0 aliphatic carbocycles. The van der Waals surface area contributed by atoms with Crippen LogP contribution in [0, 0.1) is 11.3 Å². The normalized spacial score (nSPS) is 9.78. The van der Waals surface area contributed by atoms with Gasteiger partial charge in [0.25, 0.3) is 0 Å². The Bertz CT molecular complexity index is 581. The van der Waals surface area contributed by atoms with Gasteiger partial charge in [-0.15, -0.1) is 0 Å². The number of hydrogen-bond acceptors (Lipinski definition) is 3. The van der Waals surface area contributed by atoms with E-state index in [-0.39, 0.29) is 12.3 Å². The molecular formula is C14H13N3O. The predicted molar refractivity (Wildman–Crippen MR) is 69.6 cm³/mol. The highest BCUT2D eigenvalue weighted by Crippen LogP contribution is 2.18. The third-order valence-corrected chi connectivity index (χ3v) is 2.71. The van der Waals surface area contributed by atoms with Gasteiger partial charge in [-0.05, 0) is 24.3 Å². The topological polar surface area (TPSA) is 59.9 Å². The average molecular weight is 239 g/mol. The second-order valence-electron chi connectivity index (χ2n) is 3.99. The number of rotatable bonds is 4. The van der Waals surface area contributed by atoms with Gasteiger partial charge in [0.2, 0.25) is 0 Å². The predicted octanol–water partition coefficient (Wildman–Crippen LogP) is 2.21. The van der Waals surface area contributed by atoms with Crippen LogP contribution in [0.4, 0.5) is 5.69 Å². The molecule has 4 nitrogen and oxygen atoms in total. The lowest BCUT2D eigenvalue weighted by atomic mass is 10.1. The Morgan fingerprint density at radius 1 is 1.33 bits per heavy atom. The molecule has 0 amide bonds. The van der Waals surface area contributed by atoms with E-state index in [2.05, 4.69) is 11.1 Å². The molecule has 2 rings (SSSR count). The molecule has 0 aliphatic heterocycles. The monoisotopic (exact) mass is 239 g/mol. The van der Waals surface area contributed by atoms with E-state index in [0.29, 0.717) is 11.3 Å². The van der Waals surface area contributed by atoms with E-state index in [1.54, 1.807) is 36.3 Å². The zero-order valence-corrected chi connectivity index (χ0v) is 10.1. The fourth-order valence-electron chi connectivity index (χ4n) is 1.79. The van der Waals surface area contributed by atoms with Gasteiger partial charge in [-0.2, -0.15) is 5.26 Å². The number of ketones is 1. The summed E-state index contributed by atoms with van der Waals surface area (Å²) in [7, 11) is 1.80. The number of Topliss-reactive ketones (excluding diaryl/α,β-unsaturated/α-hetero) is 1. The van der Waals surface area contributed by atoms with Crippen molar-refractivity contribution in [3.05, 3.63) is 53.9 Å². The summed E-state index contributed by atoms with van der Waals surface area (Å²) in [5.74, 6) is -0.00440. The van der Waals surface area contributed by atoms with E-state index >= 15 is 0 Å². The Morgan fingerprint density at radius 3 is 2.78 bits per heavy atom. The first-order chi connectivity index (χ1) is 8.72. The standard InChI is InChI=1S/C14H13N3O/c1-17(10-14(18)12-6-4-8-16-12)13-7-3-2-5-11(13)9-15/h2-8,16H,10H2,1H3. The third kappa shape index (κ3) is 2.41. The number of nitrogens with one attached hydrogen (secondary N) is 1. The Labute approximate surface area is 105 Å². The van der Waals surface area contributed by atoms with E-state index in [9.17, 15) is 4.79 Å². The molecule has 18 heavy (non-hydrogen) atoms. The van der Waals surface area contributed by atoms with Crippen molar-refractivity contribution in [3.8, 4) is 6.07 Å². The maximum absolute atomic E-state index is 11.9. The van der Waals surface area contributed by atoms with Crippen molar-refractivity contribution in [2.45, 2.75) is 0 Å². The number of aromatic nitrogens is 1. The number of para-hydroxylation sites is 1. The van der Waals surface area contributed by atoms with E-state index in [1.165, 1.54) is 0 Å². The molecule has 4 heteroatoms. The van der Waals surface area contributed by atoms with Gasteiger partial charge in [0.1, 0.15) is 6.07 Å². The summed E-state index contributed by atoms with van der Waals surface area (Å²) in [6, 6.07) is 12.9. The van der Waals surface area contributed by atoms with Crippen LogP contribution >= 0.6 is 0 Å². The van der Waals surface area contributed by atoms with Crippen molar-refractivity contribution >= 4 is 11.5 Å². The van der Waals surface area contributed by atoms with Crippen LogP contribution in [-0.2, 0) is 0 Å². The van der Waals surface area contributed by atoms with Gasteiger partial charge in [-0.25, -0.2) is 0 Å². The van der Waals surface area contributed by atoms with Crippen molar-refractivity contribution in [1.82, 2.24) is 4.98 Å². The number of carbonyl (C=O) groups excluding carboxylic acids is 1. The molecule has 0 aliphatic rings. The summed E-state index contributed by atoms with van der Waals surface area (Å²) in [5.41, 5.74) is 1.91. The van der Waals surface area contributed by atoms with Gasteiger partial charge in [0.05, 0.1) is 23.5 Å². The maximum Gasteiger partial charge on any atom is 0.198 e. The lowest BCUT2D eigenvalue weighted by molar-refractivity contribution is 0.0996. The molecule has 90 valence electrons. The molecule has 0 saturated heterocycles. The van der Waals surface area contributed by atoms with Crippen molar-refractivity contribution in [3.63, 3.8) is 0 Å². The molecule has 0 atom stereocenters. The second kappa shape index (κ2) is 5.19. The minimum Gasteiger partial charge on any atom is -0.366 e. The molecule has 1 aromatic heterocycles. The number of hydrogen-bond donors (Lipinski definition) is 1. The Kier molecular flexibility index (Phi) is 3.44. The fourth-order valence-corrected chi connectivity index (χ4v) is 1.79. The summed E-state index contributed by atoms with van der Waals surface area (Å²) in [4.78, 5) is 16.6. The van der Waals surface area contributed by atoms with Crippen LogP contribution in [0.5, 0.6) is 0 Å². The summed E-state index contributed by atoms with van der Waals surface area (Å²) in [5, 5.41) is 9.02. The highest BCUT2D eigenvalue weighted by Gasteiger charge is 2.12. The molecule has 1 N–H and O–H groups in total. The molecular weight excluding hydrogens is 226 g/mol. The first kappa shape index (κ1) is 11.9. The van der Waals surface area contributed by atoms with Crippen LogP contribution in [0.3, 0.4) is 0 Å². The van der Waals surface area contributed by atoms with E-state index in [1.807, 2.05) is 18.2 Å². The zero-order chi connectivity index (χ0) is 13.0. The second-order valence-corrected chi connectivity index (χ2v) is 3.99. The summed E-state index contributed by atoms with van der Waals surface area (Å²) >= 11 is 0. The lowest BCUT2D eigenvalue weighted by Crippen LogP contribution is -2.26. The number of benzene rings is 1. The van der Waals surface area contributed by atoms with Crippen molar-refractivity contribution in [2.24, 2.45) is 0 Å². The summed E-state index contributed by atoms with van der Waals surface area (Å²) in [6.45, 7) is 0.235. The van der Waals surface area contributed by atoms with E-state index < -0.39 is 0 Å². The minimum absolute atomic E-state index is 0.00440. The number of aromatic amines is 1. The van der Waals surface area contributed by atoms with Gasteiger partial charge in [-0.3, -0.25) is 4.79 Å². The van der Waals surface area contributed by atoms with Crippen LogP contribution in [0.25, 0.3) is 0 Å². The Hall–Kier alpha value is -2.54. The quantitative estimate of drug-likeness (QED) is 0.832. The number of carbonyl (C=O) groups is 1. The Balaban J connectivity index is 2.15. The molecule has 0 bridgehead atoms. The molecule has 0 unspecified atom stereocenters. The van der Waals surface area contributed by atoms with Crippen LogP contribution in [0.15, 0.2) is 42.6 Å². The third-order valence-electron chi connectivity index (χ3n) is 2.71. The van der Waals surface area contributed by atoms with E-state index in [0.717, 1.165) is 5.69 Å². The van der Waals surface area contributed by atoms with Crippen LogP contribution < -0.4 is 4.90 Å². The molecule has 0 radical (unpaired) electrons. The van der Waals surface area contributed by atoms with Crippen molar-refractivity contribution in [2.75, 3.05) is 18.5 Å². The molecule has 0 spiro atoms. The highest BCUT2D eigenvalue weighted by molar-refractivity contribution is 5.97. The summed E-state index contributed by atoms with van der Waals surface area (Å²) < 4.78 is 0. The average Bonchev–Trinajstić information content (AvgIpc) is 2.92. The SMILES string of the molecule is CN(CC(=O)c1ccc[nH]1)c1ccccc1C#N. The number of likely N-dealkylation sites (N-methyl/N-ethyl adjacent to an activating group) is 1. The number of anilines is 1. The molecule has 2 aromatic rings. The van der Waals surface area contributed by atoms with Crippen LogP contribution in [0.1, 0.15) is 16.1 Å². The molecule has 0 saturated carbocycles. The minimum atomic E-state index is -0.00440. The van der Waals surface area contributed by atoms with Gasteiger partial charge < -0.3 is 9.88 Å². The number of nitrogens with zero attached hydrogens (tertiary/aromatic N) is 2. The maximum atomic E-state index is 11.9. The summed E-state index contributed by atoms with van der Waals surface area (Å²) in [6.07, 6.45) is 1.72. The zero-order valence-electron chi connectivity index (χ0n) is 10.1. The van der Waals surface area contributed by atoms with Crippen LogP contribution in [0.2, 0.25) is 0 Å². The largest absolute Gasteiger partial charge is 0.366 e. The number of H-pyrrole nitrogens is 1. The van der Waals surface area contributed by atoms with Gasteiger partial charge >= 0.3 is 0 Å². The van der Waals surface area contributed by atoms with Gasteiger partial charge in [0.15, 0.2) is 5.78 Å². The smallest absolute Gasteiger partial charge is 0.198 e.